The molecule has 0 aliphatic rings. The molecule has 0 saturated heterocycles. The highest BCUT2D eigenvalue weighted by Gasteiger charge is 2.19. The van der Waals surface area contributed by atoms with Crippen LogP contribution < -0.4 is 14.9 Å². The van der Waals surface area contributed by atoms with E-state index >= 15 is 0 Å². The molecule has 0 N–H and O–H groups in total. The molecule has 25 heavy (non-hydrogen) atoms. The standard InChI is InChI=1S/C20H17ClO4/c1-4-7-13-16(23-2)11-18(24-3)19-15(22)10-17(25-20(13)19)12-8-5-6-9-14(12)21/h4-6,8-11H,1,7H2,2-3H3. The maximum absolute atomic E-state index is 12.8. The van der Waals surface area contributed by atoms with Crippen LogP contribution in [0.1, 0.15) is 5.56 Å². The van der Waals surface area contributed by atoms with Crippen LogP contribution in [0.2, 0.25) is 5.02 Å². The summed E-state index contributed by atoms with van der Waals surface area (Å²) in [6.45, 7) is 3.77. The summed E-state index contributed by atoms with van der Waals surface area (Å²) in [5.74, 6) is 1.37. The second-order valence-corrected chi connectivity index (χ2v) is 5.82. The van der Waals surface area contributed by atoms with Gasteiger partial charge in [0.05, 0.1) is 19.2 Å². The summed E-state index contributed by atoms with van der Waals surface area (Å²) in [5.41, 5.74) is 1.59. The van der Waals surface area contributed by atoms with Gasteiger partial charge in [0, 0.05) is 23.3 Å². The van der Waals surface area contributed by atoms with Crippen molar-refractivity contribution in [1.82, 2.24) is 0 Å². The number of ether oxygens (including phenoxy) is 2. The van der Waals surface area contributed by atoms with E-state index in [-0.39, 0.29) is 5.43 Å². The Hall–Kier alpha value is -2.72. The minimum atomic E-state index is -0.207. The molecular formula is C20H17ClO4. The summed E-state index contributed by atoms with van der Waals surface area (Å²) in [6, 6.07) is 10.3. The Bertz CT molecular complexity index is 1000. The fourth-order valence-electron chi connectivity index (χ4n) is 2.80. The van der Waals surface area contributed by atoms with Crippen molar-refractivity contribution in [2.75, 3.05) is 14.2 Å². The number of hydrogen-bond acceptors (Lipinski definition) is 4. The molecule has 0 aliphatic heterocycles. The predicted molar refractivity (Wildman–Crippen MR) is 99.9 cm³/mol. The Morgan fingerprint density at radius 1 is 1.16 bits per heavy atom. The molecule has 1 aromatic heterocycles. The summed E-state index contributed by atoms with van der Waals surface area (Å²) in [7, 11) is 3.06. The van der Waals surface area contributed by atoms with E-state index in [0.717, 1.165) is 5.56 Å². The van der Waals surface area contributed by atoms with Crippen LogP contribution in [-0.4, -0.2) is 14.2 Å². The number of allylic oxidation sites excluding steroid dienone is 1. The maximum Gasteiger partial charge on any atom is 0.197 e. The number of methoxy groups -OCH3 is 2. The van der Waals surface area contributed by atoms with Crippen LogP contribution in [0.5, 0.6) is 11.5 Å². The topological polar surface area (TPSA) is 48.7 Å². The molecule has 128 valence electrons. The van der Waals surface area contributed by atoms with Crippen LogP contribution in [-0.2, 0) is 6.42 Å². The Morgan fingerprint density at radius 3 is 2.52 bits per heavy atom. The monoisotopic (exact) mass is 356 g/mol. The SMILES string of the molecule is C=CCc1c(OC)cc(OC)c2c(=O)cc(-c3ccccc3Cl)oc12. The van der Waals surface area contributed by atoms with E-state index in [0.29, 0.717) is 45.2 Å². The van der Waals surface area contributed by atoms with Gasteiger partial charge in [0.15, 0.2) is 5.43 Å². The fourth-order valence-corrected chi connectivity index (χ4v) is 3.03. The normalized spacial score (nSPS) is 10.7. The average Bonchev–Trinajstić information content (AvgIpc) is 2.62. The lowest BCUT2D eigenvalue weighted by atomic mass is 10.0. The molecule has 0 spiro atoms. The Kier molecular flexibility index (Phi) is 4.81. The van der Waals surface area contributed by atoms with Crippen molar-refractivity contribution < 1.29 is 13.9 Å². The van der Waals surface area contributed by atoms with Gasteiger partial charge in [-0.1, -0.05) is 29.8 Å². The second-order valence-electron chi connectivity index (χ2n) is 5.41. The van der Waals surface area contributed by atoms with Crippen molar-refractivity contribution in [3.63, 3.8) is 0 Å². The van der Waals surface area contributed by atoms with Crippen molar-refractivity contribution in [3.05, 3.63) is 69.9 Å². The molecule has 0 bridgehead atoms. The van der Waals surface area contributed by atoms with E-state index in [4.69, 9.17) is 25.5 Å². The van der Waals surface area contributed by atoms with Gasteiger partial charge in [0.1, 0.15) is 28.2 Å². The highest BCUT2D eigenvalue weighted by Crippen LogP contribution is 2.37. The summed E-state index contributed by atoms with van der Waals surface area (Å²) in [4.78, 5) is 12.8. The molecule has 4 nitrogen and oxygen atoms in total. The van der Waals surface area contributed by atoms with Crippen LogP contribution in [0.3, 0.4) is 0 Å². The third kappa shape index (κ3) is 3.01. The minimum Gasteiger partial charge on any atom is -0.496 e. The number of fused-ring (bicyclic) bond motifs is 1. The molecule has 1 heterocycles. The number of benzene rings is 2. The lowest BCUT2D eigenvalue weighted by Gasteiger charge is -2.14. The fraction of sp³-hybridized carbons (Fsp3) is 0.150. The summed E-state index contributed by atoms with van der Waals surface area (Å²) in [5, 5.41) is 0.876. The zero-order chi connectivity index (χ0) is 18.0. The average molecular weight is 357 g/mol. The van der Waals surface area contributed by atoms with Crippen LogP contribution >= 0.6 is 11.6 Å². The van der Waals surface area contributed by atoms with E-state index in [1.165, 1.54) is 13.2 Å². The van der Waals surface area contributed by atoms with E-state index in [9.17, 15) is 4.79 Å². The summed E-state index contributed by atoms with van der Waals surface area (Å²) >= 11 is 6.25. The van der Waals surface area contributed by atoms with Crippen molar-refractivity contribution >= 4 is 22.6 Å². The highest BCUT2D eigenvalue weighted by molar-refractivity contribution is 6.33. The van der Waals surface area contributed by atoms with Gasteiger partial charge in [-0.3, -0.25) is 4.79 Å². The summed E-state index contributed by atoms with van der Waals surface area (Å²) in [6.07, 6.45) is 2.21. The van der Waals surface area contributed by atoms with Gasteiger partial charge in [-0.25, -0.2) is 0 Å². The molecule has 3 rings (SSSR count). The number of hydrogen-bond donors (Lipinski definition) is 0. The van der Waals surface area contributed by atoms with Gasteiger partial charge in [0.2, 0.25) is 0 Å². The molecule has 0 aliphatic carbocycles. The largest absolute Gasteiger partial charge is 0.496 e. The molecular weight excluding hydrogens is 340 g/mol. The first-order valence-electron chi connectivity index (χ1n) is 7.68. The lowest BCUT2D eigenvalue weighted by molar-refractivity contribution is 0.393. The maximum atomic E-state index is 12.8. The molecule has 5 heteroatoms. The van der Waals surface area contributed by atoms with Crippen LogP contribution in [0.15, 0.2) is 58.3 Å². The smallest absolute Gasteiger partial charge is 0.197 e. The van der Waals surface area contributed by atoms with Crippen molar-refractivity contribution in [2.45, 2.75) is 6.42 Å². The second kappa shape index (κ2) is 7.03. The van der Waals surface area contributed by atoms with Crippen LogP contribution in [0, 0.1) is 0 Å². The van der Waals surface area contributed by atoms with Gasteiger partial charge in [-0.15, -0.1) is 6.58 Å². The Balaban J connectivity index is 2.43. The molecule has 0 saturated carbocycles. The van der Waals surface area contributed by atoms with Crippen LogP contribution in [0.4, 0.5) is 0 Å². The van der Waals surface area contributed by atoms with Crippen LogP contribution in [0.25, 0.3) is 22.3 Å². The quantitative estimate of drug-likeness (QED) is 0.612. The van der Waals surface area contributed by atoms with E-state index in [1.54, 1.807) is 31.4 Å². The van der Waals surface area contributed by atoms with Crippen molar-refractivity contribution in [2.24, 2.45) is 0 Å². The zero-order valence-corrected chi connectivity index (χ0v) is 14.7. The highest BCUT2D eigenvalue weighted by atomic mass is 35.5. The Labute approximate surface area is 150 Å². The molecule has 0 fully saturated rings. The minimum absolute atomic E-state index is 0.207. The summed E-state index contributed by atoms with van der Waals surface area (Å²) < 4.78 is 16.9. The van der Waals surface area contributed by atoms with Gasteiger partial charge < -0.3 is 13.9 Å². The first-order valence-corrected chi connectivity index (χ1v) is 8.06. The molecule has 2 aromatic carbocycles. The molecule has 0 amide bonds. The molecule has 0 atom stereocenters. The predicted octanol–water partition coefficient (Wildman–Crippen LogP) is 4.86. The zero-order valence-electron chi connectivity index (χ0n) is 14.0. The first kappa shape index (κ1) is 17.1. The third-order valence-electron chi connectivity index (χ3n) is 3.96. The number of rotatable bonds is 5. The van der Waals surface area contributed by atoms with Gasteiger partial charge >= 0.3 is 0 Å². The molecule has 0 radical (unpaired) electrons. The molecule has 0 unspecified atom stereocenters. The van der Waals surface area contributed by atoms with E-state index < -0.39 is 0 Å². The third-order valence-corrected chi connectivity index (χ3v) is 4.28. The molecule has 3 aromatic rings. The lowest BCUT2D eigenvalue weighted by Crippen LogP contribution is -2.06. The Morgan fingerprint density at radius 2 is 1.88 bits per heavy atom. The van der Waals surface area contributed by atoms with E-state index in [2.05, 4.69) is 6.58 Å². The number of halogens is 1. The van der Waals surface area contributed by atoms with Crippen molar-refractivity contribution in [1.29, 1.82) is 0 Å². The van der Waals surface area contributed by atoms with Gasteiger partial charge in [0.25, 0.3) is 0 Å². The van der Waals surface area contributed by atoms with Gasteiger partial charge in [-0.2, -0.15) is 0 Å². The van der Waals surface area contributed by atoms with Gasteiger partial charge in [-0.05, 0) is 18.6 Å². The van der Waals surface area contributed by atoms with Crippen molar-refractivity contribution in [3.8, 4) is 22.8 Å². The van der Waals surface area contributed by atoms with E-state index in [1.807, 2.05) is 12.1 Å². The first-order chi connectivity index (χ1) is 12.1.